The van der Waals surface area contributed by atoms with Crippen molar-refractivity contribution in [2.75, 3.05) is 19.3 Å². The first-order valence-electron chi connectivity index (χ1n) is 4.60. The number of benzene rings is 1. The normalized spacial score (nSPS) is 14.9. The van der Waals surface area contributed by atoms with Gasteiger partial charge in [-0.2, -0.15) is 0 Å². The molecule has 0 heterocycles. The maximum Gasteiger partial charge on any atom is 0.0783 e. The molecule has 15 heavy (non-hydrogen) atoms. The standard InChI is InChI=1S/C10H14BrNO2S/c1-12-6-9(13)7-15(14)10-4-2-3-8(11)5-10/h2-5,9,12-13H,6-7H2,1H3. The summed E-state index contributed by atoms with van der Waals surface area (Å²) in [5, 5.41) is 12.3. The van der Waals surface area contributed by atoms with Crippen LogP contribution in [-0.2, 0) is 10.8 Å². The number of hydrogen-bond donors (Lipinski definition) is 2. The summed E-state index contributed by atoms with van der Waals surface area (Å²) in [4.78, 5) is 0.736. The third kappa shape index (κ3) is 4.42. The summed E-state index contributed by atoms with van der Waals surface area (Å²) in [6.07, 6.45) is -0.574. The van der Waals surface area contributed by atoms with Crippen molar-refractivity contribution in [3.8, 4) is 0 Å². The fourth-order valence-electron chi connectivity index (χ4n) is 1.17. The molecule has 0 saturated heterocycles. The highest BCUT2D eigenvalue weighted by atomic mass is 79.9. The highest BCUT2D eigenvalue weighted by molar-refractivity contribution is 9.10. The number of aliphatic hydroxyl groups is 1. The fourth-order valence-corrected chi connectivity index (χ4v) is 2.87. The van der Waals surface area contributed by atoms with Crippen molar-refractivity contribution < 1.29 is 9.32 Å². The van der Waals surface area contributed by atoms with E-state index < -0.39 is 16.9 Å². The first-order valence-corrected chi connectivity index (χ1v) is 6.71. The van der Waals surface area contributed by atoms with Crippen LogP contribution in [0.25, 0.3) is 0 Å². The van der Waals surface area contributed by atoms with Crippen LogP contribution in [0.3, 0.4) is 0 Å². The number of nitrogens with one attached hydrogen (secondary N) is 1. The summed E-state index contributed by atoms with van der Waals surface area (Å²) in [5.74, 6) is 0.261. The van der Waals surface area contributed by atoms with Crippen molar-refractivity contribution in [3.05, 3.63) is 28.7 Å². The Balaban J connectivity index is 2.61. The van der Waals surface area contributed by atoms with E-state index in [4.69, 9.17) is 0 Å². The van der Waals surface area contributed by atoms with Crippen molar-refractivity contribution >= 4 is 26.7 Å². The molecule has 0 aliphatic heterocycles. The van der Waals surface area contributed by atoms with Crippen LogP contribution in [0.4, 0.5) is 0 Å². The molecule has 0 amide bonds. The molecule has 0 saturated carbocycles. The average molecular weight is 292 g/mol. The molecular formula is C10H14BrNO2S. The molecule has 84 valence electrons. The molecule has 0 fully saturated rings. The molecule has 0 aliphatic rings. The zero-order valence-electron chi connectivity index (χ0n) is 8.44. The fraction of sp³-hybridized carbons (Fsp3) is 0.400. The SMILES string of the molecule is CNCC(O)CS(=O)c1cccc(Br)c1. The molecule has 3 nitrogen and oxygen atoms in total. The molecule has 0 aromatic heterocycles. The van der Waals surface area contributed by atoms with Gasteiger partial charge < -0.3 is 10.4 Å². The van der Waals surface area contributed by atoms with Crippen molar-refractivity contribution in [3.63, 3.8) is 0 Å². The third-order valence-electron chi connectivity index (χ3n) is 1.84. The Morgan fingerprint density at radius 3 is 2.93 bits per heavy atom. The zero-order chi connectivity index (χ0) is 11.3. The topological polar surface area (TPSA) is 49.3 Å². The van der Waals surface area contributed by atoms with Crippen molar-refractivity contribution in [1.82, 2.24) is 5.32 Å². The summed E-state index contributed by atoms with van der Waals surface area (Å²) in [6, 6.07) is 7.32. The zero-order valence-corrected chi connectivity index (χ0v) is 10.8. The molecule has 1 aromatic carbocycles. The molecule has 2 unspecified atom stereocenters. The van der Waals surface area contributed by atoms with Gasteiger partial charge in [0, 0.05) is 15.9 Å². The predicted molar refractivity (Wildman–Crippen MR) is 65.4 cm³/mol. The lowest BCUT2D eigenvalue weighted by Gasteiger charge is -2.09. The lowest BCUT2D eigenvalue weighted by Crippen LogP contribution is -2.28. The van der Waals surface area contributed by atoms with Crippen LogP contribution in [0.5, 0.6) is 0 Å². The van der Waals surface area contributed by atoms with Gasteiger partial charge in [0.15, 0.2) is 0 Å². The lowest BCUT2D eigenvalue weighted by atomic mass is 10.4. The summed E-state index contributed by atoms with van der Waals surface area (Å²) < 4.78 is 12.7. The second kappa shape index (κ2) is 6.37. The Bertz CT molecular complexity index is 346. The van der Waals surface area contributed by atoms with Crippen LogP contribution in [0, 0.1) is 0 Å². The van der Waals surface area contributed by atoms with Gasteiger partial charge in [-0.15, -0.1) is 0 Å². The number of hydrogen-bond acceptors (Lipinski definition) is 3. The quantitative estimate of drug-likeness (QED) is 0.855. The highest BCUT2D eigenvalue weighted by Gasteiger charge is 2.10. The largest absolute Gasteiger partial charge is 0.391 e. The second-order valence-corrected chi connectivity index (χ2v) is 5.59. The molecule has 2 N–H and O–H groups in total. The van der Waals surface area contributed by atoms with E-state index in [1.807, 2.05) is 18.2 Å². The maximum absolute atomic E-state index is 11.8. The first kappa shape index (κ1) is 12.8. The van der Waals surface area contributed by atoms with Crippen LogP contribution < -0.4 is 5.32 Å². The molecule has 1 rings (SSSR count). The van der Waals surface area contributed by atoms with Gasteiger partial charge in [-0.25, -0.2) is 0 Å². The van der Waals surface area contributed by atoms with Gasteiger partial charge in [0.1, 0.15) is 0 Å². The molecular weight excluding hydrogens is 278 g/mol. The third-order valence-corrected chi connectivity index (χ3v) is 3.80. The summed E-state index contributed by atoms with van der Waals surface area (Å²) in [7, 11) is 0.610. The second-order valence-electron chi connectivity index (χ2n) is 3.18. The van der Waals surface area contributed by atoms with Gasteiger partial charge in [0.2, 0.25) is 0 Å². The van der Waals surface area contributed by atoms with E-state index in [9.17, 15) is 9.32 Å². The average Bonchev–Trinajstić information content (AvgIpc) is 2.18. The monoisotopic (exact) mass is 291 g/mol. The molecule has 0 aliphatic carbocycles. The van der Waals surface area contributed by atoms with Gasteiger partial charge in [-0.1, -0.05) is 22.0 Å². The predicted octanol–water partition coefficient (Wildman–Crippen LogP) is 1.14. The van der Waals surface area contributed by atoms with Crippen LogP contribution in [-0.4, -0.2) is 34.8 Å². The molecule has 0 spiro atoms. The Labute approximate surface area is 100 Å². The number of likely N-dealkylation sites (N-methyl/N-ethyl adjacent to an activating group) is 1. The first-order chi connectivity index (χ1) is 7.13. The van der Waals surface area contributed by atoms with Gasteiger partial charge in [-0.05, 0) is 25.2 Å². The van der Waals surface area contributed by atoms with E-state index in [-0.39, 0.29) is 5.75 Å². The molecule has 5 heteroatoms. The van der Waals surface area contributed by atoms with E-state index in [0.29, 0.717) is 6.54 Å². The van der Waals surface area contributed by atoms with E-state index in [2.05, 4.69) is 21.2 Å². The Kier molecular flexibility index (Phi) is 5.45. The van der Waals surface area contributed by atoms with Gasteiger partial charge in [-0.3, -0.25) is 4.21 Å². The summed E-state index contributed by atoms with van der Waals surface area (Å²) in [5.41, 5.74) is 0. The maximum atomic E-state index is 11.8. The van der Waals surface area contributed by atoms with E-state index in [0.717, 1.165) is 9.37 Å². The van der Waals surface area contributed by atoms with Crippen molar-refractivity contribution in [2.45, 2.75) is 11.0 Å². The highest BCUT2D eigenvalue weighted by Crippen LogP contribution is 2.15. The van der Waals surface area contributed by atoms with Crippen LogP contribution in [0.1, 0.15) is 0 Å². The number of aliphatic hydroxyl groups excluding tert-OH is 1. The number of halogens is 1. The minimum absolute atomic E-state index is 0.261. The minimum Gasteiger partial charge on any atom is -0.391 e. The summed E-state index contributed by atoms with van der Waals surface area (Å²) >= 11 is 3.32. The molecule has 0 radical (unpaired) electrons. The lowest BCUT2D eigenvalue weighted by molar-refractivity contribution is 0.198. The Hall–Kier alpha value is -0.230. The molecule has 1 aromatic rings. The minimum atomic E-state index is -1.15. The van der Waals surface area contributed by atoms with E-state index in [1.54, 1.807) is 13.1 Å². The van der Waals surface area contributed by atoms with Crippen LogP contribution in [0.15, 0.2) is 33.6 Å². The van der Waals surface area contributed by atoms with Crippen LogP contribution >= 0.6 is 15.9 Å². The van der Waals surface area contributed by atoms with Crippen LogP contribution in [0.2, 0.25) is 0 Å². The Morgan fingerprint density at radius 2 is 2.33 bits per heavy atom. The molecule has 0 bridgehead atoms. The van der Waals surface area contributed by atoms with Crippen molar-refractivity contribution in [2.24, 2.45) is 0 Å². The Morgan fingerprint density at radius 1 is 1.60 bits per heavy atom. The van der Waals surface area contributed by atoms with Gasteiger partial charge >= 0.3 is 0 Å². The molecule has 2 atom stereocenters. The van der Waals surface area contributed by atoms with Gasteiger partial charge in [0.05, 0.1) is 22.7 Å². The smallest absolute Gasteiger partial charge is 0.0783 e. The van der Waals surface area contributed by atoms with E-state index >= 15 is 0 Å². The van der Waals surface area contributed by atoms with Crippen molar-refractivity contribution in [1.29, 1.82) is 0 Å². The van der Waals surface area contributed by atoms with E-state index in [1.165, 1.54) is 0 Å². The summed E-state index contributed by atoms with van der Waals surface area (Å²) in [6.45, 7) is 0.458. The number of rotatable bonds is 5. The van der Waals surface area contributed by atoms with Gasteiger partial charge in [0.25, 0.3) is 0 Å².